The Morgan fingerprint density at radius 2 is 1.82 bits per heavy atom. The molecule has 202 valence electrons. The summed E-state index contributed by atoms with van der Waals surface area (Å²) in [7, 11) is -4.01. The topological polar surface area (TPSA) is 150 Å². The van der Waals surface area contributed by atoms with E-state index in [-0.39, 0.29) is 38.0 Å². The van der Waals surface area contributed by atoms with Gasteiger partial charge in [-0.05, 0) is 56.5 Å². The Morgan fingerprint density at radius 3 is 2.44 bits per heavy atom. The van der Waals surface area contributed by atoms with Crippen molar-refractivity contribution in [2.75, 3.05) is 18.1 Å². The van der Waals surface area contributed by atoms with Crippen LogP contribution in [0, 0.1) is 11.3 Å². The fourth-order valence-electron chi connectivity index (χ4n) is 5.09. The lowest BCUT2D eigenvalue weighted by atomic mass is 10.1. The third-order valence-electron chi connectivity index (χ3n) is 7.67. The summed E-state index contributed by atoms with van der Waals surface area (Å²) in [5, 5.41) is 22.0. The van der Waals surface area contributed by atoms with Gasteiger partial charge >= 0.3 is 0 Å². The number of benzene rings is 2. The number of aliphatic hydroxyl groups excluding tert-OH is 1. The van der Waals surface area contributed by atoms with Crippen molar-refractivity contribution in [2.45, 2.75) is 49.3 Å². The highest BCUT2D eigenvalue weighted by atomic mass is 32.2. The molecule has 1 aromatic heterocycles. The Balaban J connectivity index is 1.47. The lowest BCUT2D eigenvalue weighted by molar-refractivity contribution is -0.119. The number of rotatable bonds is 7. The number of amides is 2. The first kappa shape index (κ1) is 26.6. The molecule has 1 aliphatic heterocycles. The van der Waals surface area contributed by atoms with Crippen molar-refractivity contribution < 1.29 is 23.1 Å². The number of hydrogen-bond acceptors (Lipinski definition) is 7. The highest BCUT2D eigenvalue weighted by Gasteiger charge is 2.66. The number of anilines is 1. The molecule has 39 heavy (non-hydrogen) atoms. The molecular weight excluding hydrogens is 520 g/mol. The third-order valence-corrected chi connectivity index (χ3v) is 10.9. The molecule has 1 fully saturated rings. The van der Waals surface area contributed by atoms with Crippen LogP contribution in [-0.4, -0.2) is 52.6 Å². The van der Waals surface area contributed by atoms with Gasteiger partial charge in [-0.3, -0.25) is 14.4 Å². The number of carbonyl (C=O) groups is 2. The highest BCUT2D eigenvalue weighted by Crippen LogP contribution is 2.50. The van der Waals surface area contributed by atoms with E-state index in [1.807, 2.05) is 6.07 Å². The minimum atomic E-state index is -4.01. The van der Waals surface area contributed by atoms with Crippen LogP contribution in [0.15, 0.2) is 53.3 Å². The summed E-state index contributed by atoms with van der Waals surface area (Å²) in [6.07, 6.45) is 0.352. The Morgan fingerprint density at radius 1 is 1.13 bits per heavy atom. The van der Waals surface area contributed by atoms with Gasteiger partial charge in [-0.25, -0.2) is 8.42 Å². The molecule has 2 amide bonds. The smallest absolute Gasteiger partial charge is 0.264 e. The Hall–Kier alpha value is -4.01. The van der Waals surface area contributed by atoms with Gasteiger partial charge in [0.2, 0.25) is 5.91 Å². The van der Waals surface area contributed by atoms with Crippen LogP contribution >= 0.6 is 0 Å². The summed E-state index contributed by atoms with van der Waals surface area (Å²) in [6, 6.07) is 15.4. The van der Waals surface area contributed by atoms with E-state index >= 15 is 0 Å². The van der Waals surface area contributed by atoms with Crippen molar-refractivity contribution in [3.63, 3.8) is 0 Å². The van der Waals surface area contributed by atoms with Gasteiger partial charge in [0.25, 0.3) is 11.5 Å². The van der Waals surface area contributed by atoms with Gasteiger partial charge in [-0.2, -0.15) is 5.26 Å². The third kappa shape index (κ3) is 4.11. The number of hydrogen-bond donors (Lipinski definition) is 2. The minimum Gasteiger partial charge on any atom is -0.395 e. The second kappa shape index (κ2) is 9.32. The number of carbonyl (C=O) groups excluding carboxylic acids is 2. The minimum absolute atomic E-state index is 0.0426. The summed E-state index contributed by atoms with van der Waals surface area (Å²) in [6.45, 7) is 2.55. The van der Waals surface area contributed by atoms with E-state index in [1.165, 1.54) is 29.4 Å². The van der Waals surface area contributed by atoms with Gasteiger partial charge in [0, 0.05) is 25.0 Å². The Bertz CT molecular complexity index is 1710. The van der Waals surface area contributed by atoms with Gasteiger partial charge in [0.1, 0.15) is 5.56 Å². The van der Waals surface area contributed by atoms with Crippen LogP contribution < -0.4 is 15.8 Å². The van der Waals surface area contributed by atoms with E-state index in [4.69, 9.17) is 5.26 Å². The highest BCUT2D eigenvalue weighted by molar-refractivity contribution is 7.95. The van der Waals surface area contributed by atoms with Gasteiger partial charge in [0.15, 0.2) is 14.6 Å². The van der Waals surface area contributed by atoms with Gasteiger partial charge < -0.3 is 19.9 Å². The fourth-order valence-corrected chi connectivity index (χ4v) is 7.30. The standard InChI is InChI=1S/C28H28N4O6S/c1-27(2,17-33)39(37,38)28(10-11-28)26(36)31-12-13-32-23-20(4-3-5-22(23)31)14-21(25(32)35)24(34)30-16-19-8-6-18(15-29)7-9-19/h3-9,14,33H,10-13,16-17H2,1-2H3,(H,30,34). The monoisotopic (exact) mass is 548 g/mol. The van der Waals surface area contributed by atoms with Crippen molar-refractivity contribution in [3.8, 4) is 6.07 Å². The maximum Gasteiger partial charge on any atom is 0.264 e. The van der Waals surface area contributed by atoms with E-state index in [0.717, 1.165) is 5.56 Å². The van der Waals surface area contributed by atoms with Crippen LogP contribution in [0.4, 0.5) is 5.69 Å². The van der Waals surface area contributed by atoms with Gasteiger partial charge in [-0.1, -0.05) is 24.3 Å². The molecule has 2 aliphatic rings. The van der Waals surface area contributed by atoms with E-state index < -0.39 is 43.3 Å². The van der Waals surface area contributed by atoms with E-state index in [2.05, 4.69) is 5.32 Å². The average Bonchev–Trinajstić information content (AvgIpc) is 3.76. The number of para-hydroxylation sites is 1. The van der Waals surface area contributed by atoms with E-state index in [1.54, 1.807) is 42.5 Å². The first-order chi connectivity index (χ1) is 18.5. The molecule has 10 nitrogen and oxygen atoms in total. The Kier molecular flexibility index (Phi) is 6.36. The second-order valence-electron chi connectivity index (χ2n) is 10.6. The van der Waals surface area contributed by atoms with Crippen LogP contribution in [0.2, 0.25) is 0 Å². The summed E-state index contributed by atoms with van der Waals surface area (Å²) < 4.78 is 25.2. The van der Waals surface area contributed by atoms with E-state index in [0.29, 0.717) is 22.2 Å². The van der Waals surface area contributed by atoms with Crippen molar-refractivity contribution in [1.82, 2.24) is 9.88 Å². The molecule has 0 saturated heterocycles. The first-order valence-corrected chi connectivity index (χ1v) is 14.1. The SMILES string of the molecule is CC(C)(CO)S(=O)(=O)C1(C(=O)N2CCn3c(=O)c(C(=O)NCc4ccc(C#N)cc4)cc4cccc2c43)CC1. The molecule has 0 bridgehead atoms. The molecule has 2 heterocycles. The van der Waals surface area contributed by atoms with Crippen LogP contribution in [0.3, 0.4) is 0 Å². The summed E-state index contributed by atoms with van der Waals surface area (Å²) in [4.78, 5) is 41.6. The molecule has 1 aliphatic carbocycles. The van der Waals surface area contributed by atoms with Crippen LogP contribution in [0.1, 0.15) is 48.2 Å². The first-order valence-electron chi connectivity index (χ1n) is 12.6. The molecule has 11 heteroatoms. The van der Waals surface area contributed by atoms with Crippen molar-refractivity contribution in [3.05, 3.63) is 75.6 Å². The largest absolute Gasteiger partial charge is 0.395 e. The predicted octanol–water partition coefficient (Wildman–Crippen LogP) is 1.87. The average molecular weight is 549 g/mol. The number of aliphatic hydroxyl groups is 1. The Labute approximate surface area is 225 Å². The molecule has 0 atom stereocenters. The molecule has 2 aromatic carbocycles. The summed E-state index contributed by atoms with van der Waals surface area (Å²) in [5.74, 6) is -1.10. The zero-order valence-electron chi connectivity index (χ0n) is 21.6. The second-order valence-corrected chi connectivity index (χ2v) is 13.5. The maximum atomic E-state index is 13.8. The lowest BCUT2D eigenvalue weighted by Gasteiger charge is -2.35. The lowest BCUT2D eigenvalue weighted by Crippen LogP contribution is -2.54. The normalized spacial score (nSPS) is 16.0. The van der Waals surface area contributed by atoms with E-state index in [9.17, 15) is 27.9 Å². The summed E-state index contributed by atoms with van der Waals surface area (Å²) >= 11 is 0. The molecule has 0 unspecified atom stereocenters. The zero-order chi connectivity index (χ0) is 28.2. The number of aromatic nitrogens is 1. The summed E-state index contributed by atoms with van der Waals surface area (Å²) in [5.41, 5.74) is 1.60. The molecule has 0 radical (unpaired) electrons. The fraction of sp³-hybridized carbons (Fsp3) is 0.357. The molecule has 2 N–H and O–H groups in total. The van der Waals surface area contributed by atoms with Gasteiger partial charge in [-0.15, -0.1) is 0 Å². The zero-order valence-corrected chi connectivity index (χ0v) is 22.4. The van der Waals surface area contributed by atoms with Crippen LogP contribution in [0.5, 0.6) is 0 Å². The quantitative estimate of drug-likeness (QED) is 0.458. The molecule has 0 spiro atoms. The van der Waals surface area contributed by atoms with Crippen molar-refractivity contribution >= 4 is 38.2 Å². The molecule has 1 saturated carbocycles. The predicted molar refractivity (Wildman–Crippen MR) is 145 cm³/mol. The number of nitrogens with zero attached hydrogens (tertiary/aromatic N) is 3. The van der Waals surface area contributed by atoms with Crippen LogP contribution in [0.25, 0.3) is 10.9 Å². The van der Waals surface area contributed by atoms with Gasteiger partial charge in [0.05, 0.1) is 34.2 Å². The van der Waals surface area contributed by atoms with Crippen molar-refractivity contribution in [2.24, 2.45) is 0 Å². The molecular formula is C28H28N4O6S. The molecule has 5 rings (SSSR count). The number of nitrogens with one attached hydrogen (secondary N) is 1. The number of nitriles is 1. The number of pyridine rings is 1. The van der Waals surface area contributed by atoms with Crippen molar-refractivity contribution in [1.29, 1.82) is 5.26 Å². The number of sulfone groups is 1. The van der Waals surface area contributed by atoms with Crippen LogP contribution in [-0.2, 0) is 27.7 Å². The molecule has 3 aromatic rings. The maximum absolute atomic E-state index is 13.8.